The second-order valence-corrected chi connectivity index (χ2v) is 6.29. The van der Waals surface area contributed by atoms with Gasteiger partial charge >= 0.3 is 5.97 Å². The van der Waals surface area contributed by atoms with E-state index in [1.807, 2.05) is 18.7 Å². The van der Waals surface area contributed by atoms with Crippen LogP contribution >= 0.6 is 0 Å². The van der Waals surface area contributed by atoms with Gasteiger partial charge < -0.3 is 10.0 Å². The third kappa shape index (κ3) is 2.02. The van der Waals surface area contributed by atoms with Gasteiger partial charge in [0.2, 0.25) is 5.91 Å². The van der Waals surface area contributed by atoms with Crippen molar-refractivity contribution in [3.05, 3.63) is 0 Å². The van der Waals surface area contributed by atoms with Gasteiger partial charge in [0.25, 0.3) is 0 Å². The molecule has 0 aromatic heterocycles. The highest BCUT2D eigenvalue weighted by Crippen LogP contribution is 2.58. The van der Waals surface area contributed by atoms with E-state index in [4.69, 9.17) is 0 Å². The molecule has 4 heteroatoms. The van der Waals surface area contributed by atoms with Gasteiger partial charge in [-0.2, -0.15) is 0 Å². The fraction of sp³-hybridized carbons (Fsp3) is 0.857. The molecule has 1 N–H and O–H groups in total. The minimum absolute atomic E-state index is 0.0196. The van der Waals surface area contributed by atoms with Crippen LogP contribution in [0.25, 0.3) is 0 Å². The molecule has 3 unspecified atom stereocenters. The number of hydrogen-bond acceptors (Lipinski definition) is 2. The minimum Gasteiger partial charge on any atom is -0.481 e. The van der Waals surface area contributed by atoms with Crippen LogP contribution in [-0.2, 0) is 9.59 Å². The highest BCUT2D eigenvalue weighted by atomic mass is 16.4. The molecular weight excluding hydrogens is 230 g/mol. The van der Waals surface area contributed by atoms with Crippen LogP contribution in [0.15, 0.2) is 0 Å². The summed E-state index contributed by atoms with van der Waals surface area (Å²) in [6.07, 6.45) is 2.73. The van der Waals surface area contributed by atoms with E-state index >= 15 is 0 Å². The molecule has 0 spiro atoms. The quantitative estimate of drug-likeness (QED) is 0.837. The lowest BCUT2D eigenvalue weighted by molar-refractivity contribution is -0.149. The van der Waals surface area contributed by atoms with Crippen LogP contribution in [0.4, 0.5) is 0 Å². The molecule has 1 heterocycles. The van der Waals surface area contributed by atoms with Crippen molar-refractivity contribution < 1.29 is 14.7 Å². The lowest BCUT2D eigenvalue weighted by atomic mass is 9.89. The second-order valence-electron chi connectivity index (χ2n) is 6.29. The average molecular weight is 253 g/mol. The molecule has 0 aromatic rings. The molecule has 18 heavy (non-hydrogen) atoms. The maximum absolute atomic E-state index is 12.4. The standard InChI is InChI=1S/C14H23NO3/c1-9(2)14(13(17)18)7-11(14)12(16)15-6-4-5-10(3)8-15/h9-11H,4-8H2,1-3H3,(H,17,18). The number of carboxylic acid groups (broad SMARTS) is 1. The molecule has 0 radical (unpaired) electrons. The van der Waals surface area contributed by atoms with Crippen molar-refractivity contribution in [2.45, 2.75) is 40.0 Å². The van der Waals surface area contributed by atoms with Crippen molar-refractivity contribution in [2.24, 2.45) is 23.2 Å². The number of amides is 1. The lowest BCUT2D eigenvalue weighted by Gasteiger charge is -2.32. The molecule has 1 amide bonds. The van der Waals surface area contributed by atoms with Gasteiger partial charge in [-0.3, -0.25) is 9.59 Å². The summed E-state index contributed by atoms with van der Waals surface area (Å²) >= 11 is 0. The molecule has 2 rings (SSSR count). The van der Waals surface area contributed by atoms with Crippen LogP contribution in [-0.4, -0.2) is 35.0 Å². The molecule has 1 saturated heterocycles. The summed E-state index contributed by atoms with van der Waals surface area (Å²) in [6, 6.07) is 0. The monoisotopic (exact) mass is 253 g/mol. The largest absolute Gasteiger partial charge is 0.481 e. The summed E-state index contributed by atoms with van der Waals surface area (Å²) in [6.45, 7) is 7.55. The van der Waals surface area contributed by atoms with Gasteiger partial charge in [0.05, 0.1) is 11.3 Å². The van der Waals surface area contributed by atoms with Crippen molar-refractivity contribution in [3.8, 4) is 0 Å². The summed E-state index contributed by atoms with van der Waals surface area (Å²) in [7, 11) is 0. The first-order chi connectivity index (χ1) is 8.39. The summed E-state index contributed by atoms with van der Waals surface area (Å²) in [4.78, 5) is 25.7. The Hall–Kier alpha value is -1.06. The molecule has 0 aromatic carbocycles. The van der Waals surface area contributed by atoms with Crippen molar-refractivity contribution >= 4 is 11.9 Å². The second kappa shape index (κ2) is 4.56. The van der Waals surface area contributed by atoms with Gasteiger partial charge in [-0.1, -0.05) is 20.8 Å². The third-order valence-corrected chi connectivity index (χ3v) is 4.70. The Bertz CT molecular complexity index is 366. The smallest absolute Gasteiger partial charge is 0.310 e. The summed E-state index contributed by atoms with van der Waals surface area (Å²) in [5.74, 6) is -0.468. The molecule has 1 saturated carbocycles. The molecule has 1 aliphatic carbocycles. The van der Waals surface area contributed by atoms with Gasteiger partial charge in [-0.15, -0.1) is 0 Å². The normalized spacial score (nSPS) is 35.7. The number of aliphatic carboxylic acids is 1. The van der Waals surface area contributed by atoms with Crippen molar-refractivity contribution in [2.75, 3.05) is 13.1 Å². The van der Waals surface area contributed by atoms with Crippen molar-refractivity contribution in [1.29, 1.82) is 0 Å². The van der Waals surface area contributed by atoms with E-state index in [2.05, 4.69) is 6.92 Å². The highest BCUT2D eigenvalue weighted by Gasteiger charge is 2.66. The fourth-order valence-corrected chi connectivity index (χ4v) is 3.32. The Morgan fingerprint density at radius 2 is 2.06 bits per heavy atom. The predicted molar refractivity (Wildman–Crippen MR) is 68.0 cm³/mol. The number of carbonyl (C=O) groups is 2. The first kappa shape index (κ1) is 13.4. The Morgan fingerprint density at radius 1 is 1.39 bits per heavy atom. The van der Waals surface area contributed by atoms with Gasteiger partial charge in [-0.05, 0) is 31.1 Å². The van der Waals surface area contributed by atoms with Gasteiger partial charge in [0.15, 0.2) is 0 Å². The van der Waals surface area contributed by atoms with Crippen LogP contribution in [0.3, 0.4) is 0 Å². The summed E-state index contributed by atoms with van der Waals surface area (Å²) in [5.41, 5.74) is -0.794. The summed E-state index contributed by atoms with van der Waals surface area (Å²) < 4.78 is 0. The fourth-order valence-electron chi connectivity index (χ4n) is 3.32. The topological polar surface area (TPSA) is 57.6 Å². The minimum atomic E-state index is -0.805. The van der Waals surface area contributed by atoms with E-state index in [1.165, 1.54) is 6.42 Å². The number of piperidine rings is 1. The van der Waals surface area contributed by atoms with E-state index in [1.54, 1.807) is 0 Å². The predicted octanol–water partition coefficient (Wildman–Crippen LogP) is 1.99. The number of rotatable bonds is 3. The Labute approximate surface area is 108 Å². The molecule has 0 bridgehead atoms. The molecule has 3 atom stereocenters. The molecular formula is C14H23NO3. The van der Waals surface area contributed by atoms with Gasteiger partial charge in [0, 0.05) is 13.1 Å². The Balaban J connectivity index is 2.05. The number of carboxylic acids is 1. The number of likely N-dealkylation sites (tertiary alicyclic amines) is 1. The molecule has 2 aliphatic rings. The van der Waals surface area contributed by atoms with Gasteiger partial charge in [-0.25, -0.2) is 0 Å². The van der Waals surface area contributed by atoms with Crippen molar-refractivity contribution in [1.82, 2.24) is 4.90 Å². The SMILES string of the molecule is CC1CCCN(C(=O)C2CC2(C(=O)O)C(C)C)C1. The number of carbonyl (C=O) groups excluding carboxylic acids is 1. The number of nitrogens with zero attached hydrogens (tertiary/aromatic N) is 1. The summed E-state index contributed by atoms with van der Waals surface area (Å²) in [5, 5.41) is 9.37. The maximum Gasteiger partial charge on any atom is 0.310 e. The van der Waals surface area contributed by atoms with E-state index in [-0.39, 0.29) is 17.7 Å². The van der Waals surface area contributed by atoms with Crippen LogP contribution in [0.5, 0.6) is 0 Å². The average Bonchev–Trinajstić information content (AvgIpc) is 3.04. The van der Waals surface area contributed by atoms with E-state index < -0.39 is 11.4 Å². The molecule has 4 nitrogen and oxygen atoms in total. The molecule has 2 fully saturated rings. The van der Waals surface area contributed by atoms with E-state index in [9.17, 15) is 14.7 Å². The first-order valence-electron chi connectivity index (χ1n) is 6.91. The van der Waals surface area contributed by atoms with Crippen LogP contribution in [0.2, 0.25) is 0 Å². The maximum atomic E-state index is 12.4. The van der Waals surface area contributed by atoms with Crippen molar-refractivity contribution in [3.63, 3.8) is 0 Å². The highest BCUT2D eigenvalue weighted by molar-refractivity contribution is 5.93. The zero-order valence-corrected chi connectivity index (χ0v) is 11.5. The van der Waals surface area contributed by atoms with E-state index in [0.717, 1.165) is 19.5 Å². The van der Waals surface area contributed by atoms with Crippen LogP contribution in [0.1, 0.15) is 40.0 Å². The van der Waals surface area contributed by atoms with E-state index in [0.29, 0.717) is 12.3 Å². The number of hydrogen-bond donors (Lipinski definition) is 1. The first-order valence-corrected chi connectivity index (χ1v) is 6.91. The molecule has 102 valence electrons. The Kier molecular flexibility index (Phi) is 3.39. The zero-order chi connectivity index (χ0) is 13.5. The lowest BCUT2D eigenvalue weighted by Crippen LogP contribution is -2.42. The Morgan fingerprint density at radius 3 is 2.50 bits per heavy atom. The van der Waals surface area contributed by atoms with Crippen LogP contribution < -0.4 is 0 Å². The third-order valence-electron chi connectivity index (χ3n) is 4.70. The molecule has 1 aliphatic heterocycles. The van der Waals surface area contributed by atoms with Gasteiger partial charge in [0.1, 0.15) is 0 Å². The zero-order valence-electron chi connectivity index (χ0n) is 11.5. The van der Waals surface area contributed by atoms with Crippen LogP contribution in [0, 0.1) is 23.2 Å².